The Labute approximate surface area is 331 Å². The molecule has 0 saturated heterocycles. The number of carbonyl (C=O) groups is 3. The van der Waals surface area contributed by atoms with Gasteiger partial charge in [0.1, 0.15) is 22.3 Å². The van der Waals surface area contributed by atoms with E-state index in [9.17, 15) is 40.7 Å². The molecule has 1 saturated carbocycles. The molecular formula is C37H53F3N4O11S2. The summed E-state index contributed by atoms with van der Waals surface area (Å²) >= 11 is 0. The van der Waals surface area contributed by atoms with Crippen LogP contribution in [0.25, 0.3) is 0 Å². The van der Waals surface area contributed by atoms with Gasteiger partial charge in [0, 0.05) is 31.8 Å². The van der Waals surface area contributed by atoms with Crippen molar-refractivity contribution in [1.29, 1.82) is 0 Å². The van der Waals surface area contributed by atoms with E-state index >= 15 is 8.78 Å². The second-order valence-electron chi connectivity index (χ2n) is 14.6. The number of esters is 1. The summed E-state index contributed by atoms with van der Waals surface area (Å²) in [6, 6.07) is 4.65. The Morgan fingerprint density at radius 3 is 2.00 bits per heavy atom. The number of nitrogens with one attached hydrogen (secondary N) is 3. The number of hydrogen-bond acceptors (Lipinski definition) is 12. The van der Waals surface area contributed by atoms with Gasteiger partial charge in [0.2, 0.25) is 21.8 Å². The Morgan fingerprint density at radius 2 is 1.40 bits per heavy atom. The molecule has 6 N–H and O–H groups in total. The minimum absolute atomic E-state index is 0.00229. The van der Waals surface area contributed by atoms with Crippen molar-refractivity contribution in [2.24, 2.45) is 5.14 Å². The van der Waals surface area contributed by atoms with Crippen LogP contribution in [0.15, 0.2) is 34.1 Å². The van der Waals surface area contributed by atoms with E-state index in [1.807, 2.05) is 0 Å². The number of hydrogen-bond donors (Lipinski definition) is 5. The molecule has 2 aromatic rings. The molecule has 0 aromatic heterocycles. The number of sulfone groups is 1. The minimum Gasteiger partial charge on any atom is -0.508 e. The minimum atomic E-state index is -5.14. The van der Waals surface area contributed by atoms with E-state index in [1.54, 1.807) is 32.9 Å². The summed E-state index contributed by atoms with van der Waals surface area (Å²) in [4.78, 5) is 34.6. The molecule has 2 aromatic carbocycles. The molecule has 0 radical (unpaired) electrons. The van der Waals surface area contributed by atoms with Gasteiger partial charge in [-0.25, -0.2) is 39.9 Å². The average Bonchev–Trinajstić information content (AvgIpc) is 3.09. The quantitative estimate of drug-likeness (QED) is 0.0729. The van der Waals surface area contributed by atoms with Gasteiger partial charge in [-0.15, -0.1) is 0 Å². The van der Waals surface area contributed by atoms with Crippen molar-refractivity contribution in [3.05, 3.63) is 47.3 Å². The van der Waals surface area contributed by atoms with E-state index in [0.29, 0.717) is 31.2 Å². The number of primary sulfonamides is 1. The van der Waals surface area contributed by atoms with Crippen molar-refractivity contribution >= 4 is 43.3 Å². The molecule has 0 heterocycles. The van der Waals surface area contributed by atoms with Crippen LogP contribution in [0.4, 0.5) is 18.9 Å². The number of sulfonamides is 1. The second kappa shape index (κ2) is 21.7. The van der Waals surface area contributed by atoms with Gasteiger partial charge in [-0.05, 0) is 51.3 Å². The molecule has 1 aliphatic rings. The summed E-state index contributed by atoms with van der Waals surface area (Å²) in [5, 5.41) is 22.2. The molecule has 0 spiro atoms. The fraction of sp³-hybridized carbons (Fsp3) is 0.595. The van der Waals surface area contributed by atoms with Gasteiger partial charge < -0.3 is 35.3 Å². The van der Waals surface area contributed by atoms with E-state index in [-0.39, 0.29) is 51.6 Å². The Balaban J connectivity index is 1.45. The zero-order chi connectivity index (χ0) is 42.4. The van der Waals surface area contributed by atoms with Crippen LogP contribution in [0.1, 0.15) is 84.1 Å². The Hall–Kier alpha value is -3.98. The first-order valence-electron chi connectivity index (χ1n) is 18.6. The third-order valence-electron chi connectivity index (χ3n) is 8.70. The van der Waals surface area contributed by atoms with Crippen LogP contribution in [0.3, 0.4) is 0 Å². The number of phenols is 1. The predicted octanol–water partition coefficient (Wildman–Crippen LogP) is 3.75. The number of carbonyl (C=O) groups excluding carboxylic acids is 3. The van der Waals surface area contributed by atoms with Crippen LogP contribution < -0.4 is 21.1 Å². The first-order chi connectivity index (χ1) is 26.7. The maximum Gasteiger partial charge on any atom is 0.329 e. The summed E-state index contributed by atoms with van der Waals surface area (Å²) in [7, 11) is -10.0. The molecule has 20 heteroatoms. The largest absolute Gasteiger partial charge is 0.508 e. The number of anilines is 1. The maximum atomic E-state index is 15.6. The Bertz CT molecular complexity index is 1900. The zero-order valence-corrected chi connectivity index (χ0v) is 34.0. The Kier molecular flexibility index (Phi) is 18.0. The third kappa shape index (κ3) is 15.7. The highest BCUT2D eigenvalue weighted by Crippen LogP contribution is 2.37. The lowest BCUT2D eigenvalue weighted by Crippen LogP contribution is -2.45. The lowest BCUT2D eigenvalue weighted by Gasteiger charge is -2.25. The average molecular weight is 851 g/mol. The van der Waals surface area contributed by atoms with E-state index in [0.717, 1.165) is 19.3 Å². The van der Waals surface area contributed by atoms with Crippen molar-refractivity contribution in [1.82, 2.24) is 10.6 Å². The van der Waals surface area contributed by atoms with Crippen LogP contribution >= 0.6 is 0 Å². The predicted molar refractivity (Wildman–Crippen MR) is 203 cm³/mol. The van der Waals surface area contributed by atoms with Gasteiger partial charge in [0.25, 0.3) is 0 Å². The van der Waals surface area contributed by atoms with Gasteiger partial charge in [0.15, 0.2) is 32.2 Å². The lowest BCUT2D eigenvalue weighted by atomic mass is 9.96. The van der Waals surface area contributed by atoms with E-state index < -0.39 is 100 Å². The summed E-state index contributed by atoms with van der Waals surface area (Å²) in [5.74, 6) is -9.14. The summed E-state index contributed by atoms with van der Waals surface area (Å²) < 4.78 is 113. The van der Waals surface area contributed by atoms with Gasteiger partial charge in [-0.2, -0.15) is 0 Å². The van der Waals surface area contributed by atoms with Crippen molar-refractivity contribution in [2.75, 3.05) is 44.0 Å². The summed E-state index contributed by atoms with van der Waals surface area (Å²) in [6.45, 7) is 5.16. The molecule has 1 aliphatic carbocycles. The molecule has 15 nitrogen and oxygen atoms in total. The fourth-order valence-corrected chi connectivity index (χ4v) is 8.13. The number of rotatable bonds is 20. The zero-order valence-electron chi connectivity index (χ0n) is 32.3. The van der Waals surface area contributed by atoms with E-state index in [1.165, 1.54) is 12.1 Å². The number of halogens is 3. The third-order valence-corrected chi connectivity index (χ3v) is 11.4. The fourth-order valence-electron chi connectivity index (χ4n) is 5.96. The van der Waals surface area contributed by atoms with Gasteiger partial charge >= 0.3 is 5.97 Å². The molecule has 320 valence electrons. The van der Waals surface area contributed by atoms with Gasteiger partial charge in [-0.1, -0.05) is 44.2 Å². The van der Waals surface area contributed by atoms with Crippen LogP contribution in [0, 0.1) is 17.5 Å². The topological polar surface area (TPSA) is 230 Å². The Morgan fingerprint density at radius 1 is 0.825 bits per heavy atom. The number of nitrogens with two attached hydrogens (primary N) is 1. The molecule has 3 rings (SSSR count). The van der Waals surface area contributed by atoms with Gasteiger partial charge in [0.05, 0.1) is 37.9 Å². The smallest absolute Gasteiger partial charge is 0.329 e. The second-order valence-corrected chi connectivity index (χ2v) is 18.2. The highest BCUT2D eigenvalue weighted by atomic mass is 32.2. The van der Waals surface area contributed by atoms with Crippen LogP contribution in [0.2, 0.25) is 0 Å². The van der Waals surface area contributed by atoms with E-state index in [2.05, 4.69) is 16.0 Å². The summed E-state index contributed by atoms with van der Waals surface area (Å²) in [6.07, 6.45) is 4.27. The number of amides is 2. The summed E-state index contributed by atoms with van der Waals surface area (Å²) in [5.41, 5.74) is -1.13. The standard InChI is InChI=1S/C37H53F3N4O11S2/c1-37(2,3)55-36(48)27(23-24-11-13-26(45)14-12-24)44-29(47)15-18-53-20-21-54-19-17-42-28(46)16-22-56(49,50)35-31(39)30(38)34(57(41,51)52)32(40)33(35)43-25-9-7-5-4-6-8-10-25/h11-14,25,27,43,45H,4-10,15-23H2,1-3H3,(H,42,46)(H,44,47)(H2,41,51,52)/t27-/m0/s1. The number of benzene rings is 2. The molecule has 1 fully saturated rings. The molecule has 2 amide bonds. The molecular weight excluding hydrogens is 798 g/mol. The van der Waals surface area contributed by atoms with Crippen molar-refractivity contribution in [3.63, 3.8) is 0 Å². The monoisotopic (exact) mass is 850 g/mol. The molecule has 0 aliphatic heterocycles. The number of phenolic OH excluding ortho intramolecular Hbond substituents is 1. The van der Waals surface area contributed by atoms with Crippen molar-refractivity contribution in [2.45, 2.75) is 112 Å². The number of ether oxygens (including phenoxy) is 3. The van der Waals surface area contributed by atoms with Crippen LogP contribution in [-0.4, -0.2) is 96.1 Å². The van der Waals surface area contributed by atoms with Crippen LogP contribution in [0.5, 0.6) is 5.75 Å². The first kappa shape index (κ1) is 47.4. The molecule has 0 bridgehead atoms. The molecule has 57 heavy (non-hydrogen) atoms. The van der Waals surface area contributed by atoms with E-state index in [4.69, 9.17) is 19.3 Å². The van der Waals surface area contributed by atoms with Crippen molar-refractivity contribution < 1.29 is 63.7 Å². The van der Waals surface area contributed by atoms with Gasteiger partial charge in [-0.3, -0.25) is 9.59 Å². The molecule has 0 unspecified atom stereocenters. The highest BCUT2D eigenvalue weighted by Gasteiger charge is 2.37. The normalized spacial score (nSPS) is 14.9. The SMILES string of the molecule is CC(C)(C)OC(=O)[C@H](Cc1ccc(O)cc1)NC(=O)CCOCCOCCNC(=O)CCS(=O)(=O)c1c(F)c(F)c(S(N)(=O)=O)c(F)c1NC1CCCCCCC1. The van der Waals surface area contributed by atoms with Crippen molar-refractivity contribution in [3.8, 4) is 5.75 Å². The molecule has 1 atom stereocenters. The van der Waals surface area contributed by atoms with Crippen LogP contribution in [-0.2, 0) is 54.9 Å². The highest BCUT2D eigenvalue weighted by molar-refractivity contribution is 7.91. The first-order valence-corrected chi connectivity index (χ1v) is 21.8. The maximum absolute atomic E-state index is 15.6. The lowest BCUT2D eigenvalue weighted by molar-refractivity contribution is -0.158. The number of aromatic hydroxyl groups is 1.